The SMILES string of the molecule is COc1cc(Br)cc([C@H]2C3=CC[C@@H]4C(=O)N(c5ccc(N=Nc6ccc(N(C)C)cc6)cc5)C(=O)[C@@H]4[C@@H]3CC3=C2C(=O)C=C(C)C3=O)c1O. The van der Waals surface area contributed by atoms with E-state index in [1.165, 1.54) is 18.1 Å². The molecule has 3 aliphatic carbocycles. The average molecular weight is 722 g/mol. The largest absolute Gasteiger partial charge is 0.504 e. The second-order valence-corrected chi connectivity index (χ2v) is 13.8. The lowest BCUT2D eigenvalue weighted by atomic mass is 9.59. The second kappa shape index (κ2) is 12.4. The van der Waals surface area contributed by atoms with Gasteiger partial charge in [-0.1, -0.05) is 27.6 Å². The van der Waals surface area contributed by atoms with Crippen LogP contribution in [0.3, 0.4) is 0 Å². The molecule has 0 spiro atoms. The van der Waals surface area contributed by atoms with Crippen molar-refractivity contribution in [2.24, 2.45) is 28.0 Å². The predicted molar refractivity (Wildman–Crippen MR) is 188 cm³/mol. The van der Waals surface area contributed by atoms with E-state index in [0.29, 0.717) is 43.8 Å². The van der Waals surface area contributed by atoms with Gasteiger partial charge in [0.2, 0.25) is 11.8 Å². The van der Waals surface area contributed by atoms with Crippen molar-refractivity contribution in [1.82, 2.24) is 0 Å². The number of phenols is 1. The first-order valence-corrected chi connectivity index (χ1v) is 16.7. The van der Waals surface area contributed by atoms with E-state index < -0.39 is 23.7 Å². The highest BCUT2D eigenvalue weighted by atomic mass is 79.9. The van der Waals surface area contributed by atoms with Crippen LogP contribution < -0.4 is 14.5 Å². The molecule has 0 saturated carbocycles. The van der Waals surface area contributed by atoms with Gasteiger partial charge in [-0.05, 0) is 92.4 Å². The molecule has 1 aliphatic heterocycles. The highest BCUT2D eigenvalue weighted by Gasteiger charge is 2.57. The summed E-state index contributed by atoms with van der Waals surface area (Å²) in [6.45, 7) is 1.60. The molecular weight excluding hydrogens is 688 g/mol. The highest BCUT2D eigenvalue weighted by molar-refractivity contribution is 9.10. The van der Waals surface area contributed by atoms with Crippen LogP contribution in [0.25, 0.3) is 0 Å². The van der Waals surface area contributed by atoms with Crippen molar-refractivity contribution >= 4 is 62.1 Å². The number of methoxy groups -OCH3 is 1. The number of anilines is 2. The van der Waals surface area contributed by atoms with Gasteiger partial charge >= 0.3 is 0 Å². The van der Waals surface area contributed by atoms with Crippen LogP contribution in [-0.2, 0) is 19.2 Å². The number of aromatic hydroxyl groups is 1. The standard InChI is InChI=1S/C38H33BrN4O6/c1-19-15-30(44)34-29(35(19)45)18-27-25(32(34)28-16-20(39)17-31(49-4)36(28)46)13-14-26-33(27)38(48)43(37(26)47)24-11-7-22(8-12-24)41-40-21-5-9-23(10-6-21)42(2)3/h5-13,15-17,26-27,32-33,46H,14,18H2,1-4H3/t26-,27+,32+,33-/m0/s1. The number of allylic oxidation sites excluding steroid dienone is 6. The van der Waals surface area contributed by atoms with Crippen LogP contribution in [0.4, 0.5) is 22.7 Å². The lowest BCUT2D eigenvalue weighted by Gasteiger charge is -2.42. The van der Waals surface area contributed by atoms with Crippen molar-refractivity contribution in [3.8, 4) is 11.5 Å². The zero-order valence-electron chi connectivity index (χ0n) is 27.3. The number of carbonyl (C=O) groups excluding carboxylic acids is 4. The van der Waals surface area contributed by atoms with Gasteiger partial charge in [0.25, 0.3) is 0 Å². The van der Waals surface area contributed by atoms with Gasteiger partial charge < -0.3 is 14.7 Å². The van der Waals surface area contributed by atoms with Crippen LogP contribution in [0.15, 0.2) is 110 Å². The van der Waals surface area contributed by atoms with Crippen LogP contribution in [0.1, 0.15) is 31.2 Å². The molecule has 11 heteroatoms. The van der Waals surface area contributed by atoms with Gasteiger partial charge in [0.1, 0.15) is 0 Å². The van der Waals surface area contributed by atoms with Crippen LogP contribution in [0.5, 0.6) is 11.5 Å². The molecule has 4 aliphatic rings. The Hall–Kier alpha value is -5.16. The third-order valence-electron chi connectivity index (χ3n) is 9.92. The molecule has 248 valence electrons. The molecule has 1 fully saturated rings. The molecule has 0 aromatic heterocycles. The minimum absolute atomic E-state index is 0.141. The fraction of sp³-hybridized carbons (Fsp3) is 0.263. The van der Waals surface area contributed by atoms with E-state index in [-0.39, 0.29) is 47.7 Å². The van der Waals surface area contributed by atoms with Crippen molar-refractivity contribution in [3.63, 3.8) is 0 Å². The fourth-order valence-corrected chi connectivity index (χ4v) is 8.02. The van der Waals surface area contributed by atoms with Crippen molar-refractivity contribution in [1.29, 1.82) is 0 Å². The lowest BCUT2D eigenvalue weighted by molar-refractivity contribution is -0.123. The zero-order chi connectivity index (χ0) is 34.7. The monoisotopic (exact) mass is 720 g/mol. The number of phenolic OH excluding ortho intramolecular Hbond substituents is 1. The summed E-state index contributed by atoms with van der Waals surface area (Å²) < 4.78 is 6.03. The summed E-state index contributed by atoms with van der Waals surface area (Å²) >= 11 is 3.49. The van der Waals surface area contributed by atoms with Crippen LogP contribution in [0, 0.1) is 17.8 Å². The molecule has 3 aromatic rings. The summed E-state index contributed by atoms with van der Waals surface area (Å²) in [5, 5.41) is 19.9. The maximum atomic E-state index is 14.3. The number of amides is 2. The van der Waals surface area contributed by atoms with Gasteiger partial charge in [-0.15, -0.1) is 0 Å². The summed E-state index contributed by atoms with van der Waals surface area (Å²) in [5.41, 5.74) is 4.76. The fourth-order valence-electron chi connectivity index (χ4n) is 7.56. The van der Waals surface area contributed by atoms with Gasteiger partial charge in [-0.2, -0.15) is 10.2 Å². The number of azo groups is 1. The number of nitrogens with zero attached hydrogens (tertiary/aromatic N) is 4. The van der Waals surface area contributed by atoms with Crippen LogP contribution in [-0.4, -0.2) is 49.7 Å². The Morgan fingerprint density at radius 3 is 2.20 bits per heavy atom. The van der Waals surface area contributed by atoms with Crippen molar-refractivity contribution < 1.29 is 29.0 Å². The van der Waals surface area contributed by atoms with Crippen molar-refractivity contribution in [2.45, 2.75) is 25.7 Å². The number of fused-ring (bicyclic) bond motifs is 3. The third-order valence-corrected chi connectivity index (χ3v) is 10.4. The predicted octanol–water partition coefficient (Wildman–Crippen LogP) is 7.28. The molecule has 49 heavy (non-hydrogen) atoms. The van der Waals surface area contributed by atoms with E-state index in [0.717, 1.165) is 11.3 Å². The van der Waals surface area contributed by atoms with E-state index in [4.69, 9.17) is 4.74 Å². The molecular formula is C38H33BrN4O6. The number of hydrogen-bond donors (Lipinski definition) is 1. The summed E-state index contributed by atoms with van der Waals surface area (Å²) in [4.78, 5) is 58.6. The van der Waals surface area contributed by atoms with E-state index in [1.807, 2.05) is 49.3 Å². The first kappa shape index (κ1) is 32.4. The van der Waals surface area contributed by atoms with Gasteiger partial charge in [-0.25, -0.2) is 0 Å². The smallest absolute Gasteiger partial charge is 0.238 e. The number of benzene rings is 3. The average Bonchev–Trinajstić information content (AvgIpc) is 3.35. The molecule has 7 rings (SSSR count). The number of Topliss-reactive ketones (excluding diaryl/α,β-unsaturated/α-hetero) is 1. The summed E-state index contributed by atoms with van der Waals surface area (Å²) in [6, 6.07) is 17.7. The number of carbonyl (C=O) groups is 4. The molecule has 1 heterocycles. The molecule has 2 amide bonds. The first-order chi connectivity index (χ1) is 23.5. The van der Waals surface area contributed by atoms with Crippen LogP contribution >= 0.6 is 15.9 Å². The third kappa shape index (κ3) is 5.42. The Labute approximate surface area is 291 Å². The molecule has 0 bridgehead atoms. The Morgan fingerprint density at radius 2 is 1.57 bits per heavy atom. The number of imide groups is 1. The normalized spacial score (nSPS) is 23.3. The molecule has 0 radical (unpaired) electrons. The Kier molecular flexibility index (Phi) is 8.18. The highest BCUT2D eigenvalue weighted by Crippen LogP contribution is 2.57. The Morgan fingerprint density at radius 1 is 0.918 bits per heavy atom. The lowest BCUT2D eigenvalue weighted by Crippen LogP contribution is -2.39. The van der Waals surface area contributed by atoms with Gasteiger partial charge in [0, 0.05) is 52.5 Å². The topological polar surface area (TPSA) is 129 Å². The number of ether oxygens (including phenoxy) is 1. The maximum Gasteiger partial charge on any atom is 0.238 e. The summed E-state index contributed by atoms with van der Waals surface area (Å²) in [5.74, 6) is -3.93. The van der Waals surface area contributed by atoms with Crippen molar-refractivity contribution in [3.05, 3.63) is 105 Å². The quantitative estimate of drug-likeness (QED) is 0.123. The number of hydrogen-bond acceptors (Lipinski definition) is 9. The molecule has 10 nitrogen and oxygen atoms in total. The Bertz CT molecular complexity index is 2060. The molecule has 3 aromatic carbocycles. The van der Waals surface area contributed by atoms with E-state index in [9.17, 15) is 24.3 Å². The number of ketones is 2. The first-order valence-electron chi connectivity index (χ1n) is 15.9. The minimum Gasteiger partial charge on any atom is -0.504 e. The summed E-state index contributed by atoms with van der Waals surface area (Å²) in [7, 11) is 5.36. The summed E-state index contributed by atoms with van der Waals surface area (Å²) in [6.07, 6.45) is 3.67. The molecule has 4 atom stereocenters. The van der Waals surface area contributed by atoms with E-state index in [2.05, 4.69) is 26.2 Å². The minimum atomic E-state index is -0.803. The van der Waals surface area contributed by atoms with Crippen molar-refractivity contribution in [2.75, 3.05) is 31.0 Å². The Balaban J connectivity index is 1.22. The maximum absolute atomic E-state index is 14.3. The number of halogens is 1. The second-order valence-electron chi connectivity index (χ2n) is 12.9. The van der Waals surface area contributed by atoms with Gasteiger partial charge in [0.05, 0.1) is 36.0 Å². The zero-order valence-corrected chi connectivity index (χ0v) is 28.9. The number of rotatable bonds is 6. The van der Waals surface area contributed by atoms with E-state index >= 15 is 0 Å². The molecule has 0 unspecified atom stereocenters. The van der Waals surface area contributed by atoms with Gasteiger partial charge in [0.15, 0.2) is 23.1 Å². The molecule has 1 N–H and O–H groups in total. The van der Waals surface area contributed by atoms with E-state index in [1.54, 1.807) is 43.3 Å². The van der Waals surface area contributed by atoms with Crippen LogP contribution in [0.2, 0.25) is 0 Å². The van der Waals surface area contributed by atoms with Gasteiger partial charge in [-0.3, -0.25) is 24.1 Å². The molecule has 1 saturated heterocycles.